The Balaban J connectivity index is 3.92. The Hall–Kier alpha value is -1.19. The summed E-state index contributed by atoms with van der Waals surface area (Å²) in [6.45, 7) is 4.83. The number of ether oxygens (including phenoxy) is 2. The van der Waals surface area contributed by atoms with Crippen molar-refractivity contribution in [2.24, 2.45) is 0 Å². The van der Waals surface area contributed by atoms with Crippen LogP contribution in [0.4, 0.5) is 0 Å². The number of carbonyl (C=O) groups excluding carboxylic acids is 2. The summed E-state index contributed by atoms with van der Waals surface area (Å²) >= 11 is 0. The van der Waals surface area contributed by atoms with Gasteiger partial charge in [-0.15, -0.1) is 0 Å². The van der Waals surface area contributed by atoms with Crippen molar-refractivity contribution in [2.45, 2.75) is 180 Å². The van der Waals surface area contributed by atoms with Gasteiger partial charge in [0.05, 0.1) is 19.6 Å². The fourth-order valence-electron chi connectivity index (χ4n) is 4.92. The highest BCUT2D eigenvalue weighted by atomic mass is 32.2. The average Bonchev–Trinajstić information content (AvgIpc) is 2.92. The normalized spacial score (nSPS) is 12.4. The Morgan fingerprint density at radius 1 is 0.561 bits per heavy atom. The van der Waals surface area contributed by atoms with Gasteiger partial charge < -0.3 is 9.47 Å². The minimum atomic E-state index is -4.68. The summed E-state index contributed by atoms with van der Waals surface area (Å²) in [4.78, 5) is 24.6. The maximum Gasteiger partial charge on any atom is 0.334 e. The predicted octanol–water partition coefficient (Wildman–Crippen LogP) is 8.63. The van der Waals surface area contributed by atoms with Crippen LogP contribution >= 0.6 is 0 Å². The molecule has 0 fully saturated rings. The van der Waals surface area contributed by atoms with Gasteiger partial charge in [0, 0.05) is 0 Å². The smallest absolute Gasteiger partial charge is 0.334 e. The Morgan fingerprint density at radius 3 is 1.22 bits per heavy atom. The number of unbranched alkanes of at least 4 members (excludes halogenated alkanes) is 22. The van der Waals surface area contributed by atoms with Gasteiger partial charge >= 0.3 is 22.2 Å². The molecule has 0 aliphatic rings. The van der Waals surface area contributed by atoms with Crippen LogP contribution in [0, 0.1) is 0 Å². The van der Waals surface area contributed by atoms with Gasteiger partial charge in [0.25, 0.3) is 0 Å². The van der Waals surface area contributed by atoms with Crippen molar-refractivity contribution in [1.82, 2.24) is 4.72 Å². The average molecular weight is 606 g/mol. The molecule has 244 valence electrons. The second-order valence-electron chi connectivity index (χ2n) is 11.5. The van der Waals surface area contributed by atoms with Crippen molar-refractivity contribution in [2.75, 3.05) is 13.2 Å². The lowest BCUT2D eigenvalue weighted by Gasteiger charge is -2.15. The molecule has 0 aromatic heterocycles. The zero-order valence-electron chi connectivity index (χ0n) is 26.5. The molecule has 0 saturated heterocycles. The van der Waals surface area contributed by atoms with Gasteiger partial charge in [0.2, 0.25) is 0 Å². The molecule has 2 N–H and O–H groups in total. The van der Waals surface area contributed by atoms with E-state index in [0.717, 1.165) is 38.5 Å². The molecule has 9 heteroatoms. The molecule has 0 aromatic rings. The van der Waals surface area contributed by atoms with Gasteiger partial charge in [0.15, 0.2) is 0 Å². The molecule has 0 aliphatic carbocycles. The Labute approximate surface area is 252 Å². The van der Waals surface area contributed by atoms with Gasteiger partial charge in [-0.2, -0.15) is 13.1 Å². The van der Waals surface area contributed by atoms with Crippen LogP contribution in [0.15, 0.2) is 0 Å². The molecular weight excluding hydrogens is 542 g/mol. The summed E-state index contributed by atoms with van der Waals surface area (Å²) in [5.41, 5.74) is 0. The number of hydrogen-bond acceptors (Lipinski definition) is 6. The van der Waals surface area contributed by atoms with Gasteiger partial charge in [-0.05, 0) is 12.8 Å². The lowest BCUT2D eigenvalue weighted by atomic mass is 10.1. The van der Waals surface area contributed by atoms with Crippen LogP contribution in [-0.4, -0.2) is 44.2 Å². The standard InChI is InChI=1S/C32H63NO7S/c1-3-5-7-9-11-13-15-17-19-21-23-25-27-39-31(34)29-30(33-41(36,37)38)32(35)40-28-26-24-22-20-18-16-14-12-10-8-6-4-2/h30,33H,3-29H2,1-2H3,(H,36,37,38)/t30-/m0/s1. The molecule has 0 bridgehead atoms. The number of rotatable bonds is 31. The predicted molar refractivity (Wildman–Crippen MR) is 167 cm³/mol. The van der Waals surface area contributed by atoms with Crippen molar-refractivity contribution in [1.29, 1.82) is 0 Å². The van der Waals surface area contributed by atoms with E-state index in [9.17, 15) is 18.0 Å². The summed E-state index contributed by atoms with van der Waals surface area (Å²) in [5, 5.41) is 0. The van der Waals surface area contributed by atoms with Crippen LogP contribution in [0.5, 0.6) is 0 Å². The lowest BCUT2D eigenvalue weighted by molar-refractivity contribution is -0.152. The molecule has 0 saturated carbocycles. The third kappa shape index (κ3) is 30.1. The first kappa shape index (κ1) is 39.8. The third-order valence-corrected chi connectivity index (χ3v) is 8.03. The van der Waals surface area contributed by atoms with E-state index in [1.165, 1.54) is 109 Å². The molecule has 0 heterocycles. The minimum Gasteiger partial charge on any atom is -0.466 e. The summed E-state index contributed by atoms with van der Waals surface area (Å²) in [6.07, 6.45) is 28.1. The van der Waals surface area contributed by atoms with Gasteiger partial charge in [0.1, 0.15) is 6.04 Å². The highest BCUT2D eigenvalue weighted by Gasteiger charge is 2.28. The van der Waals surface area contributed by atoms with Crippen LogP contribution in [0.25, 0.3) is 0 Å². The maximum atomic E-state index is 12.4. The molecule has 0 radical (unpaired) electrons. The Morgan fingerprint density at radius 2 is 0.878 bits per heavy atom. The van der Waals surface area contributed by atoms with E-state index in [4.69, 9.17) is 14.0 Å². The number of hydrogen-bond donors (Lipinski definition) is 2. The van der Waals surface area contributed by atoms with Crippen LogP contribution in [0.1, 0.15) is 174 Å². The summed E-state index contributed by atoms with van der Waals surface area (Å²) < 4.78 is 43.9. The van der Waals surface area contributed by atoms with Crippen molar-refractivity contribution >= 4 is 22.2 Å². The van der Waals surface area contributed by atoms with E-state index in [1.807, 2.05) is 0 Å². The van der Waals surface area contributed by atoms with E-state index in [0.29, 0.717) is 6.42 Å². The first-order chi connectivity index (χ1) is 19.8. The van der Waals surface area contributed by atoms with Crippen LogP contribution in [0.3, 0.4) is 0 Å². The van der Waals surface area contributed by atoms with Crippen LogP contribution in [-0.2, 0) is 29.4 Å². The SMILES string of the molecule is CCCCCCCCCCCCCCOC(=O)C[C@H](NS(=O)(=O)O)C(=O)OCCCCCCCCCCCCCC. The first-order valence-electron chi connectivity index (χ1n) is 16.9. The maximum absolute atomic E-state index is 12.4. The molecular formula is C32H63NO7S. The second kappa shape index (κ2) is 28.9. The number of carbonyl (C=O) groups is 2. The minimum absolute atomic E-state index is 0.147. The first-order valence-corrected chi connectivity index (χ1v) is 18.3. The van der Waals surface area contributed by atoms with Crippen molar-refractivity contribution in [3.8, 4) is 0 Å². The third-order valence-electron chi connectivity index (χ3n) is 7.45. The van der Waals surface area contributed by atoms with Gasteiger partial charge in [-0.3, -0.25) is 14.1 Å². The molecule has 41 heavy (non-hydrogen) atoms. The second-order valence-corrected chi connectivity index (χ2v) is 12.7. The number of nitrogens with one attached hydrogen (secondary N) is 1. The zero-order valence-corrected chi connectivity index (χ0v) is 27.3. The Kier molecular flexibility index (Phi) is 28.1. The fourth-order valence-corrected chi connectivity index (χ4v) is 5.46. The Bertz CT molecular complexity index is 715. The number of esters is 2. The zero-order chi connectivity index (χ0) is 30.4. The van der Waals surface area contributed by atoms with Gasteiger partial charge in [-0.25, -0.2) is 0 Å². The quantitative estimate of drug-likeness (QED) is 0.0461. The highest BCUT2D eigenvalue weighted by molar-refractivity contribution is 7.83. The molecule has 0 rings (SSSR count). The molecule has 0 aliphatic heterocycles. The van der Waals surface area contributed by atoms with E-state index in [-0.39, 0.29) is 13.2 Å². The van der Waals surface area contributed by atoms with Crippen molar-refractivity contribution in [3.63, 3.8) is 0 Å². The summed E-state index contributed by atoms with van der Waals surface area (Å²) in [7, 11) is -4.68. The highest BCUT2D eigenvalue weighted by Crippen LogP contribution is 2.13. The van der Waals surface area contributed by atoms with E-state index in [2.05, 4.69) is 13.8 Å². The van der Waals surface area contributed by atoms with Crippen molar-refractivity contribution in [3.05, 3.63) is 0 Å². The van der Waals surface area contributed by atoms with Crippen LogP contribution in [0.2, 0.25) is 0 Å². The topological polar surface area (TPSA) is 119 Å². The largest absolute Gasteiger partial charge is 0.466 e. The molecule has 1 atom stereocenters. The van der Waals surface area contributed by atoms with Crippen molar-refractivity contribution < 1.29 is 32.0 Å². The summed E-state index contributed by atoms with van der Waals surface area (Å²) in [6, 6.07) is -1.50. The lowest BCUT2D eigenvalue weighted by Crippen LogP contribution is -2.43. The monoisotopic (exact) mass is 605 g/mol. The molecule has 0 spiro atoms. The van der Waals surface area contributed by atoms with Gasteiger partial charge in [-0.1, -0.05) is 155 Å². The fraction of sp³-hybridized carbons (Fsp3) is 0.938. The van der Waals surface area contributed by atoms with E-state index < -0.39 is 34.7 Å². The molecule has 0 amide bonds. The molecule has 8 nitrogen and oxygen atoms in total. The molecule has 0 unspecified atom stereocenters. The van der Waals surface area contributed by atoms with E-state index in [1.54, 1.807) is 4.72 Å². The summed E-state index contributed by atoms with van der Waals surface area (Å²) in [5.74, 6) is -1.58. The van der Waals surface area contributed by atoms with Crippen LogP contribution < -0.4 is 4.72 Å². The molecule has 0 aromatic carbocycles. The van der Waals surface area contributed by atoms with E-state index >= 15 is 0 Å².